The number of aliphatic hydroxyl groups excluding tert-OH is 1. The summed E-state index contributed by atoms with van der Waals surface area (Å²) in [5.74, 6) is 4.30. The fraction of sp³-hybridized carbons (Fsp3) is 0.586. The molecule has 0 saturated heterocycles. The number of terminal acetylenes is 1. The monoisotopic (exact) mass is 1180 g/mol. The Hall–Kier alpha value is -6.79. The van der Waals surface area contributed by atoms with Gasteiger partial charge in [-0.2, -0.15) is 0 Å². The summed E-state index contributed by atoms with van der Waals surface area (Å²) < 4.78 is 67.5. The number of rotatable bonds is 41. The third kappa shape index (κ3) is 30.7. The summed E-state index contributed by atoms with van der Waals surface area (Å²) in [6.07, 6.45) is 24.9. The minimum absolute atomic E-state index is 0.0110. The molecule has 0 heterocycles. The van der Waals surface area contributed by atoms with Crippen molar-refractivity contribution < 1.29 is 71.6 Å². The molecule has 4 rings (SSSR count). The largest absolute Gasteiger partial charge is 0.493 e. The molecule has 0 fully saturated rings. The van der Waals surface area contributed by atoms with E-state index in [9.17, 15) is 19.5 Å². The number of carbonyl (C=O) groups excluding carboxylic acids is 3. The van der Waals surface area contributed by atoms with Gasteiger partial charge in [0.25, 0.3) is 0 Å². The van der Waals surface area contributed by atoms with E-state index in [1.54, 1.807) is 105 Å². The Kier molecular flexibility index (Phi) is 31.3. The third-order valence-electron chi connectivity index (χ3n) is 12.7. The Bertz CT molecular complexity index is 2670. The lowest BCUT2D eigenvalue weighted by molar-refractivity contribution is -0.158. The minimum Gasteiger partial charge on any atom is -0.493 e. The van der Waals surface area contributed by atoms with Gasteiger partial charge in [-0.3, -0.25) is 0 Å². The second-order valence-corrected chi connectivity index (χ2v) is 24.4. The second kappa shape index (κ2) is 37.6. The van der Waals surface area contributed by atoms with Gasteiger partial charge in [-0.25, -0.2) is 14.4 Å². The average Bonchev–Trinajstić information content (AvgIpc) is 1.69. The highest BCUT2D eigenvalue weighted by atomic mass is 16.6. The van der Waals surface area contributed by atoms with E-state index in [1.807, 2.05) is 24.3 Å². The molecule has 15 nitrogen and oxygen atoms in total. The molecule has 0 amide bonds. The van der Waals surface area contributed by atoms with E-state index in [-0.39, 0.29) is 38.8 Å². The Morgan fingerprint density at radius 1 is 0.400 bits per heavy atom. The highest BCUT2D eigenvalue weighted by molar-refractivity contribution is 5.80. The van der Waals surface area contributed by atoms with Crippen LogP contribution < -0.4 is 37.9 Å². The Morgan fingerprint density at radius 2 is 0.741 bits per heavy atom. The highest BCUT2D eigenvalue weighted by Gasteiger charge is 2.23. The molecule has 4 aromatic carbocycles. The molecule has 85 heavy (non-hydrogen) atoms. The number of hydrogen-bond acceptors (Lipinski definition) is 15. The molecule has 4 aromatic rings. The number of carbonyl (C=O) groups is 3. The van der Waals surface area contributed by atoms with E-state index in [4.69, 9.17) is 58.5 Å². The van der Waals surface area contributed by atoms with E-state index in [1.165, 1.54) is 57.8 Å². The van der Waals surface area contributed by atoms with Crippen molar-refractivity contribution in [3.05, 3.63) is 83.4 Å². The van der Waals surface area contributed by atoms with E-state index in [0.717, 1.165) is 44.9 Å². The number of aliphatic hydroxyl groups is 1. The summed E-state index contributed by atoms with van der Waals surface area (Å²) in [4.78, 5) is 38.8. The number of unbranched alkanes of at least 4 members (excludes halogenated alkanes) is 15. The standard InChI is InChI=1S/C70H100O15/c1-13-16-19-21-23-25-27-30-33-76-57-36-54(38-59(44-57)81-50-65(73)84-69(7,8)9)48-79-61-42-55(41-60(45-61)78-47-53-35-56(75-32-29-18-15-3)43-58(37-53)80-49-64(72)83-68(4,5)6)67-62(77-34-31-28-26-24-22-20-17-14-2)39-52(46-71)40-63(67)82-51-66(74)85-70(10,11)12/h3,35-45,71H,13-14,16-34,46-51H2,1-2,4-12H3. The topological polar surface area (TPSA) is 173 Å². The maximum Gasteiger partial charge on any atom is 0.344 e. The molecular formula is C70H100O15. The predicted molar refractivity (Wildman–Crippen MR) is 333 cm³/mol. The van der Waals surface area contributed by atoms with Crippen LogP contribution in [0.5, 0.6) is 46.0 Å². The number of hydrogen-bond donors (Lipinski definition) is 1. The molecule has 0 spiro atoms. The zero-order valence-electron chi connectivity index (χ0n) is 53.2. The van der Waals surface area contributed by atoms with Crippen molar-refractivity contribution in [2.24, 2.45) is 0 Å². The summed E-state index contributed by atoms with van der Waals surface area (Å²) in [5, 5.41) is 10.6. The molecule has 0 saturated carbocycles. The quantitative estimate of drug-likeness (QED) is 0.0192. The van der Waals surface area contributed by atoms with Crippen LogP contribution in [-0.4, -0.2) is 79.5 Å². The zero-order valence-corrected chi connectivity index (χ0v) is 53.2. The van der Waals surface area contributed by atoms with Crippen molar-refractivity contribution in [1.29, 1.82) is 0 Å². The summed E-state index contributed by atoms with van der Waals surface area (Å²) >= 11 is 0. The van der Waals surface area contributed by atoms with Gasteiger partial charge in [-0.1, -0.05) is 104 Å². The van der Waals surface area contributed by atoms with Gasteiger partial charge in [0.15, 0.2) is 19.8 Å². The first kappa shape index (κ1) is 70.7. The normalized spacial score (nSPS) is 11.5. The van der Waals surface area contributed by atoms with E-state index in [2.05, 4.69) is 19.8 Å². The highest BCUT2D eigenvalue weighted by Crippen LogP contribution is 2.44. The molecule has 1 N–H and O–H groups in total. The second-order valence-electron chi connectivity index (χ2n) is 24.4. The molecule has 0 bridgehead atoms. The van der Waals surface area contributed by atoms with E-state index in [0.29, 0.717) is 101 Å². The fourth-order valence-corrected chi connectivity index (χ4v) is 8.97. The lowest BCUT2D eigenvalue weighted by Gasteiger charge is -2.22. The fourth-order valence-electron chi connectivity index (χ4n) is 8.97. The zero-order chi connectivity index (χ0) is 62.1. The number of ether oxygens (including phenoxy) is 11. The molecule has 0 aliphatic heterocycles. The molecule has 0 aliphatic carbocycles. The molecule has 470 valence electrons. The van der Waals surface area contributed by atoms with Crippen molar-refractivity contribution in [3.8, 4) is 69.5 Å². The summed E-state index contributed by atoms with van der Waals surface area (Å²) in [6.45, 7) is 20.5. The van der Waals surface area contributed by atoms with Gasteiger partial charge in [0.05, 0.1) is 32.0 Å². The molecule has 0 aliphatic rings. The lowest BCUT2D eigenvalue weighted by Crippen LogP contribution is -2.27. The minimum atomic E-state index is -0.763. The summed E-state index contributed by atoms with van der Waals surface area (Å²) in [5.41, 5.74) is 0.761. The van der Waals surface area contributed by atoms with Crippen LogP contribution in [0.2, 0.25) is 0 Å². The predicted octanol–water partition coefficient (Wildman–Crippen LogP) is 16.0. The van der Waals surface area contributed by atoms with Gasteiger partial charge in [-0.05, 0) is 152 Å². The van der Waals surface area contributed by atoms with Crippen LogP contribution in [0, 0.1) is 12.3 Å². The van der Waals surface area contributed by atoms with Gasteiger partial charge in [-0.15, -0.1) is 12.3 Å². The molecule has 0 radical (unpaired) electrons. The summed E-state index contributed by atoms with van der Waals surface area (Å²) in [6, 6.07) is 19.6. The van der Waals surface area contributed by atoms with Crippen LogP contribution in [0.25, 0.3) is 11.1 Å². The van der Waals surface area contributed by atoms with Gasteiger partial charge in [0.1, 0.15) is 76.0 Å². The van der Waals surface area contributed by atoms with Gasteiger partial charge in [0.2, 0.25) is 0 Å². The maximum atomic E-state index is 13.2. The van der Waals surface area contributed by atoms with Crippen LogP contribution in [0.15, 0.2) is 66.7 Å². The molecule has 0 atom stereocenters. The average molecular weight is 1180 g/mol. The van der Waals surface area contributed by atoms with Crippen molar-refractivity contribution in [1.82, 2.24) is 0 Å². The van der Waals surface area contributed by atoms with Crippen molar-refractivity contribution in [2.75, 3.05) is 39.6 Å². The van der Waals surface area contributed by atoms with Crippen LogP contribution in [0.4, 0.5) is 0 Å². The van der Waals surface area contributed by atoms with Crippen molar-refractivity contribution in [3.63, 3.8) is 0 Å². The van der Waals surface area contributed by atoms with Crippen LogP contribution in [-0.2, 0) is 48.4 Å². The van der Waals surface area contributed by atoms with E-state index < -0.39 is 41.3 Å². The van der Waals surface area contributed by atoms with Gasteiger partial charge < -0.3 is 57.2 Å². The number of benzene rings is 4. The first-order valence-electron chi connectivity index (χ1n) is 30.9. The Morgan fingerprint density at radius 3 is 1.13 bits per heavy atom. The van der Waals surface area contributed by atoms with Crippen LogP contribution >= 0.6 is 0 Å². The van der Waals surface area contributed by atoms with E-state index >= 15 is 0 Å². The lowest BCUT2D eigenvalue weighted by atomic mass is 10.00. The van der Waals surface area contributed by atoms with Crippen molar-refractivity contribution in [2.45, 2.75) is 228 Å². The first-order valence-corrected chi connectivity index (χ1v) is 30.9. The molecule has 0 aromatic heterocycles. The molecule has 15 heteroatoms. The first-order chi connectivity index (χ1) is 40.5. The smallest absolute Gasteiger partial charge is 0.344 e. The van der Waals surface area contributed by atoms with Gasteiger partial charge >= 0.3 is 17.9 Å². The van der Waals surface area contributed by atoms with Crippen molar-refractivity contribution >= 4 is 17.9 Å². The number of esters is 3. The van der Waals surface area contributed by atoms with Crippen LogP contribution in [0.3, 0.4) is 0 Å². The Labute approximate surface area is 508 Å². The maximum absolute atomic E-state index is 13.2. The van der Waals surface area contributed by atoms with Gasteiger partial charge in [0, 0.05) is 24.6 Å². The SMILES string of the molecule is C#CCCCOc1cc(COc2cc(OCc3cc(OCCCCCCCCCC)cc(OCC(=O)OC(C)(C)C)c3)cc(-c3c(OCCCCCCCCCC)cc(CO)cc3OCC(=O)OC(C)(C)C)c2)cc(OCC(=O)OC(C)(C)C)c1. The summed E-state index contributed by atoms with van der Waals surface area (Å²) in [7, 11) is 0. The third-order valence-corrected chi connectivity index (χ3v) is 12.7. The molecule has 0 unspecified atom stereocenters. The Balaban J connectivity index is 1.81. The van der Waals surface area contributed by atoms with Crippen LogP contribution in [0.1, 0.15) is 208 Å². The molecular weight excluding hydrogens is 1080 g/mol.